The Kier molecular flexibility index (Phi) is 5.41. The van der Waals surface area contributed by atoms with Crippen LogP contribution in [-0.2, 0) is 4.79 Å². The molecular weight excluding hydrogens is 362 g/mol. The summed E-state index contributed by atoms with van der Waals surface area (Å²) in [6.45, 7) is 3.93. The highest BCUT2D eigenvalue weighted by Crippen LogP contribution is 2.22. The van der Waals surface area contributed by atoms with E-state index in [0.29, 0.717) is 11.3 Å². The van der Waals surface area contributed by atoms with Gasteiger partial charge in [-0.25, -0.2) is 4.98 Å². The van der Waals surface area contributed by atoms with Gasteiger partial charge in [-0.15, -0.1) is 11.3 Å². The lowest BCUT2D eigenvalue weighted by molar-refractivity contribution is -0.130. The van der Waals surface area contributed by atoms with Crippen LogP contribution >= 0.6 is 11.3 Å². The number of rotatable bonds is 6. The van der Waals surface area contributed by atoms with Crippen LogP contribution in [0, 0.1) is 13.8 Å². The fourth-order valence-electron chi connectivity index (χ4n) is 2.52. The standard InChI is InChI=1S/C20H21N3O3S/c1-13-11-23-17(14(2)21-20(23)27-13)9-10-18(24)15-5-7-16(8-6-15)26-12-19(25)22(3)4/h5-11H,12H2,1-4H3. The quantitative estimate of drug-likeness (QED) is 0.484. The van der Waals surface area contributed by atoms with Crippen molar-refractivity contribution >= 4 is 34.1 Å². The van der Waals surface area contributed by atoms with E-state index in [1.54, 1.807) is 61.8 Å². The molecule has 0 spiro atoms. The maximum absolute atomic E-state index is 12.4. The van der Waals surface area contributed by atoms with Gasteiger partial charge < -0.3 is 9.64 Å². The highest BCUT2D eigenvalue weighted by molar-refractivity contribution is 7.17. The molecule has 0 N–H and O–H groups in total. The molecule has 0 fully saturated rings. The SMILES string of the molecule is Cc1cn2c(C=CC(=O)c3ccc(OCC(=O)N(C)C)cc3)c(C)nc2s1. The Bertz CT molecular complexity index is 1010. The minimum absolute atomic E-state index is 0.0310. The van der Waals surface area contributed by atoms with Gasteiger partial charge in [-0.05, 0) is 50.3 Å². The van der Waals surface area contributed by atoms with Crippen LogP contribution in [0.2, 0.25) is 0 Å². The zero-order valence-electron chi connectivity index (χ0n) is 15.7. The Hall–Kier alpha value is -2.93. The highest BCUT2D eigenvalue weighted by atomic mass is 32.1. The van der Waals surface area contributed by atoms with E-state index in [0.717, 1.165) is 16.3 Å². The molecule has 0 saturated heterocycles. The number of fused-ring (bicyclic) bond motifs is 1. The van der Waals surface area contributed by atoms with Gasteiger partial charge in [-0.3, -0.25) is 14.0 Å². The lowest BCUT2D eigenvalue weighted by atomic mass is 10.1. The van der Waals surface area contributed by atoms with Crippen LogP contribution in [0.5, 0.6) is 5.75 Å². The summed E-state index contributed by atoms with van der Waals surface area (Å²) in [6, 6.07) is 6.76. The third-order valence-corrected chi connectivity index (χ3v) is 4.95. The number of aromatic nitrogens is 2. The fraction of sp³-hybridized carbons (Fsp3) is 0.250. The molecule has 3 rings (SSSR count). The zero-order valence-corrected chi connectivity index (χ0v) is 16.5. The minimum Gasteiger partial charge on any atom is -0.484 e. The number of ketones is 1. The summed E-state index contributed by atoms with van der Waals surface area (Å²) in [7, 11) is 3.35. The number of imidazole rings is 1. The number of likely N-dealkylation sites (N-methyl/N-ethyl adjacent to an activating group) is 1. The van der Waals surface area contributed by atoms with Crippen LogP contribution < -0.4 is 4.74 Å². The molecule has 1 aromatic carbocycles. The number of hydrogen-bond donors (Lipinski definition) is 0. The van der Waals surface area contributed by atoms with Crippen molar-refractivity contribution in [1.82, 2.24) is 14.3 Å². The molecule has 0 saturated carbocycles. The Morgan fingerprint density at radius 2 is 1.93 bits per heavy atom. The maximum atomic E-state index is 12.4. The lowest BCUT2D eigenvalue weighted by Crippen LogP contribution is -2.27. The van der Waals surface area contributed by atoms with E-state index in [2.05, 4.69) is 4.98 Å². The molecule has 2 aromatic heterocycles. The van der Waals surface area contributed by atoms with Gasteiger partial charge in [-0.1, -0.05) is 0 Å². The molecule has 7 heteroatoms. The third-order valence-electron chi connectivity index (χ3n) is 4.06. The van der Waals surface area contributed by atoms with Gasteiger partial charge >= 0.3 is 0 Å². The molecule has 0 aliphatic rings. The number of aryl methyl sites for hydroxylation is 2. The van der Waals surface area contributed by atoms with Crippen LogP contribution in [0.25, 0.3) is 11.0 Å². The molecule has 6 nitrogen and oxygen atoms in total. The normalized spacial score (nSPS) is 11.3. The molecule has 2 heterocycles. The summed E-state index contributed by atoms with van der Waals surface area (Å²) >= 11 is 1.62. The zero-order chi connectivity index (χ0) is 19.6. The topological polar surface area (TPSA) is 63.9 Å². The number of hydrogen-bond acceptors (Lipinski definition) is 5. The van der Waals surface area contributed by atoms with E-state index in [-0.39, 0.29) is 18.3 Å². The largest absolute Gasteiger partial charge is 0.484 e. The van der Waals surface area contributed by atoms with E-state index in [1.807, 2.05) is 24.4 Å². The van der Waals surface area contributed by atoms with Crippen LogP contribution in [0.1, 0.15) is 26.6 Å². The number of carbonyl (C=O) groups is 2. The second kappa shape index (κ2) is 7.75. The Labute approximate surface area is 161 Å². The van der Waals surface area contributed by atoms with Crippen LogP contribution in [-0.4, -0.2) is 46.7 Å². The Balaban J connectivity index is 1.69. The van der Waals surface area contributed by atoms with Crippen molar-refractivity contribution in [3.63, 3.8) is 0 Å². The Morgan fingerprint density at radius 3 is 2.59 bits per heavy atom. The second-order valence-electron chi connectivity index (χ2n) is 6.38. The van der Waals surface area contributed by atoms with Gasteiger partial charge in [0, 0.05) is 30.7 Å². The van der Waals surface area contributed by atoms with Crippen molar-refractivity contribution in [3.8, 4) is 5.75 Å². The van der Waals surface area contributed by atoms with E-state index >= 15 is 0 Å². The predicted octanol–water partition coefficient (Wildman–Crippen LogP) is 3.38. The van der Waals surface area contributed by atoms with Crippen molar-refractivity contribution in [1.29, 1.82) is 0 Å². The van der Waals surface area contributed by atoms with Crippen LogP contribution in [0.3, 0.4) is 0 Å². The molecule has 1 amide bonds. The number of benzene rings is 1. The summed E-state index contributed by atoms with van der Waals surface area (Å²) < 4.78 is 7.42. The van der Waals surface area contributed by atoms with Gasteiger partial charge in [0.15, 0.2) is 17.4 Å². The average Bonchev–Trinajstić information content (AvgIpc) is 3.12. The van der Waals surface area contributed by atoms with Crippen molar-refractivity contribution < 1.29 is 14.3 Å². The number of thiazole rings is 1. The summed E-state index contributed by atoms with van der Waals surface area (Å²) in [5, 5.41) is 0. The number of carbonyl (C=O) groups excluding carboxylic acids is 2. The van der Waals surface area contributed by atoms with Gasteiger partial charge in [0.25, 0.3) is 5.91 Å². The van der Waals surface area contributed by atoms with Gasteiger partial charge in [0.2, 0.25) is 0 Å². The number of amides is 1. The molecule has 140 valence electrons. The van der Waals surface area contributed by atoms with Crippen LogP contribution in [0.15, 0.2) is 36.5 Å². The summed E-state index contributed by atoms with van der Waals surface area (Å²) in [5.74, 6) is 0.323. The smallest absolute Gasteiger partial charge is 0.259 e. The number of ether oxygens (including phenoxy) is 1. The Morgan fingerprint density at radius 1 is 1.22 bits per heavy atom. The van der Waals surface area contributed by atoms with E-state index in [4.69, 9.17) is 4.74 Å². The molecule has 0 unspecified atom stereocenters. The van der Waals surface area contributed by atoms with E-state index in [9.17, 15) is 9.59 Å². The monoisotopic (exact) mass is 383 g/mol. The molecule has 0 atom stereocenters. The van der Waals surface area contributed by atoms with Gasteiger partial charge in [0.1, 0.15) is 5.75 Å². The first-order valence-corrected chi connectivity index (χ1v) is 9.27. The molecular formula is C20H21N3O3S. The second-order valence-corrected chi connectivity index (χ2v) is 7.59. The van der Waals surface area contributed by atoms with Gasteiger partial charge in [-0.2, -0.15) is 0 Å². The van der Waals surface area contributed by atoms with E-state index < -0.39 is 0 Å². The first-order valence-electron chi connectivity index (χ1n) is 8.45. The lowest BCUT2D eigenvalue weighted by Gasteiger charge is -2.11. The van der Waals surface area contributed by atoms with Crippen molar-refractivity contribution in [2.75, 3.05) is 20.7 Å². The van der Waals surface area contributed by atoms with Crippen LogP contribution in [0.4, 0.5) is 0 Å². The molecule has 27 heavy (non-hydrogen) atoms. The first-order chi connectivity index (χ1) is 12.8. The number of nitrogens with zero attached hydrogens (tertiary/aromatic N) is 3. The highest BCUT2D eigenvalue weighted by Gasteiger charge is 2.10. The summed E-state index contributed by atoms with van der Waals surface area (Å²) in [5.41, 5.74) is 2.35. The van der Waals surface area contributed by atoms with Crippen molar-refractivity contribution in [3.05, 3.63) is 58.4 Å². The van der Waals surface area contributed by atoms with Crippen molar-refractivity contribution in [2.45, 2.75) is 13.8 Å². The van der Waals surface area contributed by atoms with Gasteiger partial charge in [0.05, 0.1) is 11.4 Å². The third kappa shape index (κ3) is 4.25. The molecule has 0 aliphatic carbocycles. The molecule has 0 bridgehead atoms. The van der Waals surface area contributed by atoms with Crippen molar-refractivity contribution in [2.24, 2.45) is 0 Å². The fourth-order valence-corrected chi connectivity index (χ4v) is 3.40. The molecule has 0 radical (unpaired) electrons. The summed E-state index contributed by atoms with van der Waals surface area (Å²) in [6.07, 6.45) is 5.37. The molecule has 3 aromatic rings. The predicted molar refractivity (Wildman–Crippen MR) is 107 cm³/mol. The maximum Gasteiger partial charge on any atom is 0.259 e. The number of allylic oxidation sites excluding steroid dienone is 1. The average molecular weight is 383 g/mol. The summed E-state index contributed by atoms with van der Waals surface area (Å²) in [4.78, 5) is 32.1. The minimum atomic E-state index is -0.121. The first kappa shape index (κ1) is 18.8. The molecule has 0 aliphatic heterocycles. The van der Waals surface area contributed by atoms with E-state index in [1.165, 1.54) is 9.78 Å².